The third-order valence-corrected chi connectivity index (χ3v) is 3.35. The van der Waals surface area contributed by atoms with E-state index in [9.17, 15) is 14.3 Å². The highest BCUT2D eigenvalue weighted by molar-refractivity contribution is 5.73. The van der Waals surface area contributed by atoms with Gasteiger partial charge in [0.25, 0.3) is 0 Å². The van der Waals surface area contributed by atoms with Crippen molar-refractivity contribution in [2.24, 2.45) is 0 Å². The maximum atomic E-state index is 13.0. The normalized spacial score (nSPS) is 10.3. The summed E-state index contributed by atoms with van der Waals surface area (Å²) in [5.41, 5.74) is 1.64. The number of rotatable bonds is 4. The summed E-state index contributed by atoms with van der Waals surface area (Å²) in [6.07, 6.45) is -0.434. The molecule has 0 aliphatic heterocycles. The largest absolute Gasteiger partial charge is 0.550 e. The predicted molar refractivity (Wildman–Crippen MR) is 80.8 cm³/mol. The molecule has 0 atom stereocenters. The molecule has 0 aliphatic carbocycles. The lowest BCUT2D eigenvalue weighted by Gasteiger charge is -2.02. The molecular weight excluding hydrogens is 311 g/mol. The van der Waals surface area contributed by atoms with E-state index < -0.39 is 18.2 Å². The Labute approximate surface area is 136 Å². The van der Waals surface area contributed by atoms with Crippen molar-refractivity contribution in [3.05, 3.63) is 65.6 Å². The first-order valence-corrected chi connectivity index (χ1v) is 7.03. The number of carbonyl (C=O) groups excluding carboxylic acids is 1. The molecule has 5 nitrogen and oxygen atoms in total. The Morgan fingerprint density at radius 2 is 1.96 bits per heavy atom. The number of carboxylic acid groups (broad SMARTS) is 1. The van der Waals surface area contributed by atoms with Crippen LogP contribution in [0.5, 0.6) is 0 Å². The summed E-state index contributed by atoms with van der Waals surface area (Å²) in [5, 5.41) is 20.0. The van der Waals surface area contributed by atoms with Gasteiger partial charge < -0.3 is 14.3 Å². The minimum absolute atomic E-state index is 0.170. The number of aliphatic carboxylic acids is 1. The standard InChI is InChI=1S/C18H11FN2O3/c19-14-6-4-12(5-7-14)18-21-15(9-16(22)23)17(24-18)13-3-1-2-11(8-13)10-20/h1-8H,9H2,(H,22,23)/p-1. The van der Waals surface area contributed by atoms with Crippen molar-refractivity contribution in [3.63, 3.8) is 0 Å². The van der Waals surface area contributed by atoms with Gasteiger partial charge in [0, 0.05) is 23.5 Å². The van der Waals surface area contributed by atoms with Crippen LogP contribution >= 0.6 is 0 Å². The summed E-state index contributed by atoms with van der Waals surface area (Å²) in [7, 11) is 0. The lowest BCUT2D eigenvalue weighted by Crippen LogP contribution is -2.24. The van der Waals surface area contributed by atoms with E-state index in [1.54, 1.807) is 24.3 Å². The number of oxazole rings is 1. The van der Waals surface area contributed by atoms with Crippen LogP contribution in [0.2, 0.25) is 0 Å². The number of halogens is 1. The zero-order valence-corrected chi connectivity index (χ0v) is 12.3. The number of carbonyl (C=O) groups is 1. The second kappa shape index (κ2) is 6.34. The molecule has 0 bridgehead atoms. The van der Waals surface area contributed by atoms with Crippen LogP contribution in [0, 0.1) is 17.1 Å². The zero-order chi connectivity index (χ0) is 17.1. The van der Waals surface area contributed by atoms with Gasteiger partial charge in [-0.05, 0) is 36.4 Å². The molecule has 118 valence electrons. The Morgan fingerprint density at radius 3 is 2.62 bits per heavy atom. The second-order valence-corrected chi connectivity index (χ2v) is 5.04. The fraction of sp³-hybridized carbons (Fsp3) is 0.0556. The van der Waals surface area contributed by atoms with Gasteiger partial charge in [-0.3, -0.25) is 0 Å². The number of nitrogens with zero attached hydrogens (tertiary/aromatic N) is 2. The number of aromatic nitrogens is 1. The molecule has 0 radical (unpaired) electrons. The van der Waals surface area contributed by atoms with Crippen LogP contribution in [0.25, 0.3) is 22.8 Å². The quantitative estimate of drug-likeness (QED) is 0.735. The minimum atomic E-state index is -1.30. The summed E-state index contributed by atoms with van der Waals surface area (Å²) in [5.74, 6) is -1.28. The molecule has 0 amide bonds. The third kappa shape index (κ3) is 3.15. The SMILES string of the molecule is N#Cc1cccc(-c2oc(-c3ccc(F)cc3)nc2CC(=O)[O-])c1. The number of nitriles is 1. The summed E-state index contributed by atoms with van der Waals surface area (Å²) in [4.78, 5) is 15.2. The molecule has 0 aliphatic rings. The Balaban J connectivity index is 2.11. The highest BCUT2D eigenvalue weighted by atomic mass is 19.1. The van der Waals surface area contributed by atoms with Gasteiger partial charge in [-0.25, -0.2) is 9.37 Å². The van der Waals surface area contributed by atoms with E-state index in [2.05, 4.69) is 4.98 Å². The lowest BCUT2D eigenvalue weighted by atomic mass is 10.1. The van der Waals surface area contributed by atoms with Crippen LogP contribution in [0.4, 0.5) is 4.39 Å². The summed E-state index contributed by atoms with van der Waals surface area (Å²) >= 11 is 0. The second-order valence-electron chi connectivity index (χ2n) is 5.04. The van der Waals surface area contributed by atoms with Crippen molar-refractivity contribution in [1.82, 2.24) is 4.98 Å². The van der Waals surface area contributed by atoms with Crippen molar-refractivity contribution in [1.29, 1.82) is 5.26 Å². The third-order valence-electron chi connectivity index (χ3n) is 3.35. The van der Waals surface area contributed by atoms with Crippen molar-refractivity contribution in [3.8, 4) is 28.8 Å². The molecule has 3 aromatic rings. The lowest BCUT2D eigenvalue weighted by molar-refractivity contribution is -0.304. The highest BCUT2D eigenvalue weighted by Gasteiger charge is 2.17. The van der Waals surface area contributed by atoms with Gasteiger partial charge in [0.15, 0.2) is 5.76 Å². The molecular formula is C18H10FN2O3-. The van der Waals surface area contributed by atoms with E-state index >= 15 is 0 Å². The van der Waals surface area contributed by atoms with E-state index in [0.717, 1.165) is 0 Å². The van der Waals surface area contributed by atoms with Crippen LogP contribution < -0.4 is 5.11 Å². The molecule has 0 saturated heterocycles. The van der Waals surface area contributed by atoms with Gasteiger partial charge >= 0.3 is 0 Å². The monoisotopic (exact) mass is 321 g/mol. The highest BCUT2D eigenvalue weighted by Crippen LogP contribution is 2.30. The van der Waals surface area contributed by atoms with Crippen LogP contribution in [0.3, 0.4) is 0 Å². The van der Waals surface area contributed by atoms with Crippen molar-refractivity contribution in [2.45, 2.75) is 6.42 Å². The summed E-state index contributed by atoms with van der Waals surface area (Å²) < 4.78 is 18.7. The van der Waals surface area contributed by atoms with Crippen LogP contribution in [-0.2, 0) is 11.2 Å². The summed E-state index contributed by atoms with van der Waals surface area (Å²) in [6.45, 7) is 0. The molecule has 1 aromatic heterocycles. The van der Waals surface area contributed by atoms with E-state index in [1.807, 2.05) is 6.07 Å². The number of carboxylic acids is 1. The fourth-order valence-electron chi connectivity index (χ4n) is 2.28. The molecule has 0 saturated carbocycles. The minimum Gasteiger partial charge on any atom is -0.550 e. The van der Waals surface area contributed by atoms with E-state index in [0.29, 0.717) is 16.7 Å². The first kappa shape index (κ1) is 15.4. The van der Waals surface area contributed by atoms with E-state index in [1.165, 1.54) is 24.3 Å². The van der Waals surface area contributed by atoms with Crippen LogP contribution in [0.15, 0.2) is 52.9 Å². The van der Waals surface area contributed by atoms with Gasteiger partial charge in [0.05, 0.1) is 17.3 Å². The molecule has 1 heterocycles. The summed E-state index contributed by atoms with van der Waals surface area (Å²) in [6, 6.07) is 14.1. The Hall–Kier alpha value is -3.46. The van der Waals surface area contributed by atoms with Crippen LogP contribution in [-0.4, -0.2) is 11.0 Å². The molecule has 0 unspecified atom stereocenters. The maximum absolute atomic E-state index is 13.0. The molecule has 0 N–H and O–H groups in total. The molecule has 0 spiro atoms. The molecule has 6 heteroatoms. The van der Waals surface area contributed by atoms with E-state index in [4.69, 9.17) is 9.68 Å². The van der Waals surface area contributed by atoms with Crippen molar-refractivity contribution >= 4 is 5.97 Å². The first-order chi connectivity index (χ1) is 11.6. The molecule has 2 aromatic carbocycles. The molecule has 3 rings (SSSR count). The number of hydrogen-bond acceptors (Lipinski definition) is 5. The van der Waals surface area contributed by atoms with Gasteiger partial charge in [0.2, 0.25) is 5.89 Å². The maximum Gasteiger partial charge on any atom is 0.227 e. The predicted octanol–water partition coefficient (Wildman–Crippen LogP) is 2.31. The number of benzene rings is 2. The molecule has 24 heavy (non-hydrogen) atoms. The van der Waals surface area contributed by atoms with Crippen molar-refractivity contribution < 1.29 is 18.7 Å². The van der Waals surface area contributed by atoms with Crippen molar-refractivity contribution in [2.75, 3.05) is 0 Å². The molecule has 0 fully saturated rings. The van der Waals surface area contributed by atoms with Gasteiger partial charge in [-0.1, -0.05) is 12.1 Å². The fourth-order valence-corrected chi connectivity index (χ4v) is 2.28. The van der Waals surface area contributed by atoms with E-state index in [-0.39, 0.29) is 17.3 Å². The topological polar surface area (TPSA) is 90.0 Å². The Kier molecular flexibility index (Phi) is 4.08. The number of hydrogen-bond donors (Lipinski definition) is 0. The van der Waals surface area contributed by atoms with Gasteiger partial charge in [0.1, 0.15) is 5.82 Å². The zero-order valence-electron chi connectivity index (χ0n) is 12.3. The van der Waals surface area contributed by atoms with Crippen LogP contribution in [0.1, 0.15) is 11.3 Å². The Bertz CT molecular complexity index is 940. The average molecular weight is 321 g/mol. The average Bonchev–Trinajstić information content (AvgIpc) is 2.98. The van der Waals surface area contributed by atoms with Gasteiger partial charge in [-0.2, -0.15) is 5.26 Å². The first-order valence-electron chi connectivity index (χ1n) is 7.03. The smallest absolute Gasteiger partial charge is 0.227 e. The van der Waals surface area contributed by atoms with Gasteiger partial charge in [-0.15, -0.1) is 0 Å². The Morgan fingerprint density at radius 1 is 1.21 bits per heavy atom.